The van der Waals surface area contributed by atoms with Gasteiger partial charge in [0.15, 0.2) is 5.69 Å². The maximum absolute atomic E-state index is 9.98. The standard InChI is InChI=1S/C19H25ClN2O2/c1-3-4-5-6-7-8-13-21-14(2)17-19(23)24-18(22-17)15-9-11-16(20)12-10-15/h9-12,23H,3-8,13H2,1-2H3. The van der Waals surface area contributed by atoms with Crippen molar-refractivity contribution in [3.8, 4) is 17.4 Å². The van der Waals surface area contributed by atoms with Crippen molar-refractivity contribution in [2.45, 2.75) is 52.4 Å². The molecule has 0 atom stereocenters. The molecule has 4 nitrogen and oxygen atoms in total. The van der Waals surface area contributed by atoms with Crippen LogP contribution in [0.2, 0.25) is 5.02 Å². The number of nitrogens with zero attached hydrogens (tertiary/aromatic N) is 2. The molecular weight excluding hydrogens is 324 g/mol. The van der Waals surface area contributed by atoms with Gasteiger partial charge in [0.25, 0.3) is 0 Å². The summed E-state index contributed by atoms with van der Waals surface area (Å²) in [5, 5.41) is 10.6. The number of hydrogen-bond donors (Lipinski definition) is 1. The lowest BCUT2D eigenvalue weighted by molar-refractivity contribution is 0.336. The van der Waals surface area contributed by atoms with E-state index < -0.39 is 0 Å². The van der Waals surface area contributed by atoms with Crippen molar-refractivity contribution in [3.63, 3.8) is 0 Å². The second kappa shape index (κ2) is 9.48. The predicted molar refractivity (Wildman–Crippen MR) is 99.1 cm³/mol. The predicted octanol–water partition coefficient (Wildman–Crippen LogP) is 5.87. The number of aliphatic imine (C=N–C) groups is 1. The molecule has 0 aliphatic rings. The van der Waals surface area contributed by atoms with Gasteiger partial charge in [0.1, 0.15) is 0 Å². The van der Waals surface area contributed by atoms with Crippen LogP contribution in [0.15, 0.2) is 33.7 Å². The van der Waals surface area contributed by atoms with E-state index in [1.165, 1.54) is 32.1 Å². The summed E-state index contributed by atoms with van der Waals surface area (Å²) >= 11 is 5.88. The lowest BCUT2D eigenvalue weighted by atomic mass is 10.1. The third kappa shape index (κ3) is 5.38. The van der Waals surface area contributed by atoms with E-state index in [0.717, 1.165) is 18.5 Å². The Bertz CT molecular complexity index is 663. The van der Waals surface area contributed by atoms with E-state index in [2.05, 4.69) is 16.9 Å². The van der Waals surface area contributed by atoms with Crippen molar-refractivity contribution in [1.29, 1.82) is 0 Å². The summed E-state index contributed by atoms with van der Waals surface area (Å²) in [6.45, 7) is 4.82. The first kappa shape index (κ1) is 18.5. The van der Waals surface area contributed by atoms with Crippen molar-refractivity contribution in [2.24, 2.45) is 4.99 Å². The molecule has 0 saturated carbocycles. The second-order valence-corrected chi connectivity index (χ2v) is 6.35. The molecule has 1 N–H and O–H groups in total. The molecule has 0 bridgehead atoms. The number of oxazole rings is 1. The number of benzene rings is 1. The van der Waals surface area contributed by atoms with Crippen LogP contribution in [0.1, 0.15) is 58.1 Å². The van der Waals surface area contributed by atoms with Gasteiger partial charge in [0.2, 0.25) is 5.89 Å². The molecule has 0 aliphatic carbocycles. The first-order valence-electron chi connectivity index (χ1n) is 8.59. The molecule has 0 fully saturated rings. The highest BCUT2D eigenvalue weighted by atomic mass is 35.5. The van der Waals surface area contributed by atoms with Crippen molar-refractivity contribution < 1.29 is 9.52 Å². The molecule has 0 radical (unpaired) electrons. The molecule has 0 spiro atoms. The molecule has 24 heavy (non-hydrogen) atoms. The van der Waals surface area contributed by atoms with Gasteiger partial charge in [-0.1, -0.05) is 50.6 Å². The fourth-order valence-corrected chi connectivity index (χ4v) is 2.60. The van der Waals surface area contributed by atoms with E-state index in [4.69, 9.17) is 16.0 Å². The van der Waals surface area contributed by atoms with Crippen LogP contribution in [0.25, 0.3) is 11.5 Å². The van der Waals surface area contributed by atoms with Crippen LogP contribution in [0.5, 0.6) is 5.95 Å². The Balaban J connectivity index is 1.93. The fourth-order valence-electron chi connectivity index (χ4n) is 2.48. The van der Waals surface area contributed by atoms with Gasteiger partial charge in [-0.05, 0) is 37.6 Å². The molecule has 5 heteroatoms. The van der Waals surface area contributed by atoms with Crippen LogP contribution < -0.4 is 0 Å². The molecular formula is C19H25ClN2O2. The van der Waals surface area contributed by atoms with Gasteiger partial charge in [-0.25, -0.2) is 4.98 Å². The molecule has 1 aromatic heterocycles. The van der Waals surface area contributed by atoms with Crippen LogP contribution in [0.4, 0.5) is 0 Å². The average Bonchev–Trinajstić information content (AvgIpc) is 2.96. The summed E-state index contributed by atoms with van der Waals surface area (Å²) in [7, 11) is 0. The van der Waals surface area contributed by atoms with Crippen molar-refractivity contribution in [1.82, 2.24) is 4.98 Å². The summed E-state index contributed by atoms with van der Waals surface area (Å²) in [6.07, 6.45) is 7.38. The number of unbranched alkanes of at least 4 members (excludes halogenated alkanes) is 5. The highest BCUT2D eigenvalue weighted by molar-refractivity contribution is 6.30. The highest BCUT2D eigenvalue weighted by Crippen LogP contribution is 2.27. The number of aromatic hydroxyl groups is 1. The summed E-state index contributed by atoms with van der Waals surface area (Å²) in [5.41, 5.74) is 1.88. The quantitative estimate of drug-likeness (QED) is 0.455. The molecule has 1 aromatic carbocycles. The molecule has 0 saturated heterocycles. The highest BCUT2D eigenvalue weighted by Gasteiger charge is 2.16. The lowest BCUT2D eigenvalue weighted by Crippen LogP contribution is -1.98. The van der Waals surface area contributed by atoms with Crippen LogP contribution >= 0.6 is 11.6 Å². The molecule has 1 heterocycles. The number of aromatic nitrogens is 1. The first-order valence-corrected chi connectivity index (χ1v) is 8.96. The van der Waals surface area contributed by atoms with Gasteiger partial charge in [-0.2, -0.15) is 0 Å². The number of rotatable bonds is 9. The Morgan fingerprint density at radius 3 is 2.50 bits per heavy atom. The van der Waals surface area contributed by atoms with Crippen LogP contribution in [-0.2, 0) is 0 Å². The largest absolute Gasteiger partial charge is 0.479 e. The third-order valence-electron chi connectivity index (χ3n) is 3.90. The van der Waals surface area contributed by atoms with Crippen LogP contribution in [0.3, 0.4) is 0 Å². The minimum absolute atomic E-state index is 0.191. The van der Waals surface area contributed by atoms with Gasteiger partial charge in [0, 0.05) is 17.1 Å². The summed E-state index contributed by atoms with van der Waals surface area (Å²) in [5.74, 6) is 0.178. The Labute approximate surface area is 148 Å². The van der Waals surface area contributed by atoms with Crippen molar-refractivity contribution in [2.75, 3.05) is 6.54 Å². The zero-order valence-electron chi connectivity index (χ0n) is 14.4. The second-order valence-electron chi connectivity index (χ2n) is 5.91. The zero-order valence-corrected chi connectivity index (χ0v) is 15.1. The normalized spacial score (nSPS) is 11.9. The van der Waals surface area contributed by atoms with E-state index in [1.54, 1.807) is 24.3 Å². The monoisotopic (exact) mass is 348 g/mol. The Morgan fingerprint density at radius 2 is 1.79 bits per heavy atom. The molecule has 130 valence electrons. The molecule has 0 amide bonds. The van der Waals surface area contributed by atoms with E-state index >= 15 is 0 Å². The average molecular weight is 349 g/mol. The Morgan fingerprint density at radius 1 is 1.12 bits per heavy atom. The lowest BCUT2D eigenvalue weighted by Gasteiger charge is -1.99. The first-order chi connectivity index (χ1) is 11.6. The van der Waals surface area contributed by atoms with E-state index in [-0.39, 0.29) is 5.95 Å². The Kier molecular flexibility index (Phi) is 7.32. The smallest absolute Gasteiger partial charge is 0.312 e. The SMILES string of the molecule is CCCCCCCCN=C(C)c1nc(-c2ccc(Cl)cc2)oc1O. The van der Waals surface area contributed by atoms with Gasteiger partial charge < -0.3 is 9.52 Å². The van der Waals surface area contributed by atoms with Gasteiger partial charge in [0.05, 0.1) is 5.71 Å². The summed E-state index contributed by atoms with van der Waals surface area (Å²) in [4.78, 5) is 8.87. The topological polar surface area (TPSA) is 58.6 Å². The summed E-state index contributed by atoms with van der Waals surface area (Å²) < 4.78 is 5.35. The van der Waals surface area contributed by atoms with Gasteiger partial charge in [-0.3, -0.25) is 4.99 Å². The molecule has 2 aromatic rings. The fraction of sp³-hybridized carbons (Fsp3) is 0.474. The van der Waals surface area contributed by atoms with E-state index in [0.29, 0.717) is 22.3 Å². The van der Waals surface area contributed by atoms with Crippen molar-refractivity contribution in [3.05, 3.63) is 35.0 Å². The Hall–Kier alpha value is -1.81. The van der Waals surface area contributed by atoms with Crippen LogP contribution in [-0.4, -0.2) is 22.3 Å². The van der Waals surface area contributed by atoms with E-state index in [1.807, 2.05) is 6.92 Å². The maximum atomic E-state index is 9.98. The summed E-state index contributed by atoms with van der Waals surface area (Å²) in [6, 6.07) is 7.13. The third-order valence-corrected chi connectivity index (χ3v) is 4.16. The van der Waals surface area contributed by atoms with Crippen molar-refractivity contribution >= 4 is 17.3 Å². The minimum Gasteiger partial charge on any atom is -0.479 e. The molecule has 2 rings (SSSR count). The van der Waals surface area contributed by atoms with Gasteiger partial charge >= 0.3 is 5.95 Å². The van der Waals surface area contributed by atoms with Gasteiger partial charge in [-0.15, -0.1) is 0 Å². The molecule has 0 unspecified atom stereocenters. The number of halogens is 1. The zero-order chi connectivity index (χ0) is 17.4. The maximum Gasteiger partial charge on any atom is 0.312 e. The number of hydrogen-bond acceptors (Lipinski definition) is 4. The minimum atomic E-state index is -0.191. The van der Waals surface area contributed by atoms with Crippen LogP contribution in [0, 0.1) is 0 Å². The van der Waals surface area contributed by atoms with E-state index in [9.17, 15) is 5.11 Å². The molecule has 0 aliphatic heterocycles.